The Balaban J connectivity index is 1.32. The van der Waals surface area contributed by atoms with Gasteiger partial charge in [-0.3, -0.25) is 24.6 Å². The lowest BCUT2D eigenvalue weighted by Gasteiger charge is -2.20. The van der Waals surface area contributed by atoms with Crippen LogP contribution in [0.4, 0.5) is 17.6 Å². The molecule has 8 nitrogen and oxygen atoms in total. The number of Topliss-reactive ketones (excluding diaryl/α,β-unsaturated/α-hetero) is 4. The monoisotopic (exact) mass is 746 g/mol. The fourth-order valence-corrected chi connectivity index (χ4v) is 8.11. The van der Waals surface area contributed by atoms with Crippen LogP contribution in [0.3, 0.4) is 0 Å². The molecule has 0 atom stereocenters. The van der Waals surface area contributed by atoms with Gasteiger partial charge >= 0.3 is 0 Å². The number of hydrogen-bond donors (Lipinski definition) is 3. The van der Waals surface area contributed by atoms with E-state index in [1.807, 2.05) is 0 Å². The first kappa shape index (κ1) is 33.2. The summed E-state index contributed by atoms with van der Waals surface area (Å²) in [6.07, 6.45) is 3.03. The van der Waals surface area contributed by atoms with Crippen molar-refractivity contribution in [3.8, 4) is 0 Å². The quantitative estimate of drug-likeness (QED) is 0.166. The van der Waals surface area contributed by atoms with Crippen LogP contribution in [0.1, 0.15) is 41.4 Å². The van der Waals surface area contributed by atoms with Crippen molar-refractivity contribution >= 4 is 106 Å². The third-order valence-electron chi connectivity index (χ3n) is 8.08. The van der Waals surface area contributed by atoms with E-state index in [1.54, 1.807) is 12.1 Å². The molecule has 246 valence electrons. The van der Waals surface area contributed by atoms with E-state index in [0.717, 1.165) is 22.7 Å². The Kier molecular flexibility index (Phi) is 8.13. The molecule has 2 heterocycles. The van der Waals surface area contributed by atoms with Crippen LogP contribution in [0.2, 0.25) is 0 Å². The number of nitrogens with zero attached hydrogens (tertiary/aromatic N) is 2. The highest BCUT2D eigenvalue weighted by molar-refractivity contribution is 7.79. The lowest BCUT2D eigenvalue weighted by molar-refractivity contribution is 0.101. The number of halogens is 4. The summed E-state index contributed by atoms with van der Waals surface area (Å²) in [4.78, 5) is 51.9. The van der Waals surface area contributed by atoms with Crippen LogP contribution in [-0.4, -0.2) is 34.6 Å². The van der Waals surface area contributed by atoms with Crippen molar-refractivity contribution in [3.63, 3.8) is 0 Å². The molecule has 7 rings (SSSR count). The molecule has 0 radical (unpaired) electrons. The van der Waals surface area contributed by atoms with Crippen LogP contribution >= 0.6 is 35.5 Å². The second kappa shape index (κ2) is 12.2. The molecule has 50 heavy (non-hydrogen) atoms. The minimum Gasteiger partial charge on any atom is -0.396 e. The highest BCUT2D eigenvalue weighted by Crippen LogP contribution is 2.31. The van der Waals surface area contributed by atoms with Crippen molar-refractivity contribution in [1.82, 2.24) is 0 Å². The standard InChI is InChI=1S/C34H14F4N4O4S4/c35-19-7-13-14(8-20(19)36)32(44)25(31(13)43)23-3-1-11(49-23)5-17-27(39)30(42-48)18(28(40)29(17)41-47)6-12-2-4-24(50-12)26-33(45)15-9-21(37)22(38)10-16(15)34(26)46/h1-10,39,48H,40H2/b11-5+,12-6+,39-27?,42-30-. The number of rotatable bonds is 3. The third kappa shape index (κ3) is 5.10. The lowest BCUT2D eigenvalue weighted by atomic mass is 9.89. The van der Waals surface area contributed by atoms with Crippen LogP contribution in [0, 0.1) is 28.7 Å². The Hall–Kier alpha value is -5.29. The number of thiophene rings is 2. The third-order valence-corrected chi connectivity index (χ3v) is 10.6. The average molecular weight is 747 g/mol. The van der Waals surface area contributed by atoms with Gasteiger partial charge in [0.25, 0.3) is 0 Å². The van der Waals surface area contributed by atoms with Gasteiger partial charge in [0.2, 0.25) is 0 Å². The van der Waals surface area contributed by atoms with Crippen molar-refractivity contribution in [2.45, 2.75) is 0 Å². The molecule has 16 heteroatoms. The summed E-state index contributed by atoms with van der Waals surface area (Å²) >= 11 is 11.1. The second-order valence-electron chi connectivity index (χ2n) is 10.9. The zero-order valence-corrected chi connectivity index (χ0v) is 27.9. The molecular formula is C34H14F4N4O4S4. The summed E-state index contributed by atoms with van der Waals surface area (Å²) in [5.41, 5.74) is 5.25. The predicted octanol–water partition coefficient (Wildman–Crippen LogP) is 3.60. The van der Waals surface area contributed by atoms with E-state index in [9.17, 15) is 36.7 Å². The SMILES string of the molecule is N=C1C(/C=c2\ccc(=C3C(=O)c4cc(F)c(F)cc4C3=O)s2)=C(N=S)C(N)=C(/C=c2\ccc(=C3C(=O)c4cc(F)c(F)cc4C3=O)s2)/C1=N/S. The summed E-state index contributed by atoms with van der Waals surface area (Å²) in [6, 6.07) is 8.90. The molecule has 4 aromatic rings. The topological polar surface area (TPSA) is 143 Å². The van der Waals surface area contributed by atoms with Crippen LogP contribution in [-0.2, 0) is 12.4 Å². The zero-order valence-electron chi connectivity index (χ0n) is 24.6. The molecule has 2 aromatic heterocycles. The van der Waals surface area contributed by atoms with Crippen molar-refractivity contribution < 1.29 is 36.7 Å². The molecule has 0 saturated carbocycles. The van der Waals surface area contributed by atoms with Gasteiger partial charge in [-0.15, -0.1) is 22.7 Å². The smallest absolute Gasteiger partial charge is 0.199 e. The molecule has 0 saturated heterocycles. The number of thiol groups is 1. The molecule has 3 aliphatic carbocycles. The number of nitrogens with one attached hydrogen (secondary N) is 1. The number of ketones is 4. The van der Waals surface area contributed by atoms with Gasteiger partial charge in [0, 0.05) is 64.0 Å². The summed E-state index contributed by atoms with van der Waals surface area (Å²) < 4.78 is 64.4. The summed E-state index contributed by atoms with van der Waals surface area (Å²) in [7, 11) is 0. The molecule has 0 amide bonds. The molecule has 0 spiro atoms. The first-order chi connectivity index (χ1) is 23.8. The fourth-order valence-electron chi connectivity index (χ4n) is 5.72. The molecule has 0 unspecified atom stereocenters. The molecular weight excluding hydrogens is 733 g/mol. The summed E-state index contributed by atoms with van der Waals surface area (Å²) in [5, 5.41) is 8.93. The molecule has 2 aromatic carbocycles. The van der Waals surface area contributed by atoms with Crippen LogP contribution < -0.4 is 23.9 Å². The first-order valence-corrected chi connectivity index (χ1v) is 16.4. The fraction of sp³-hybridized carbons (Fsp3) is 0. The second-order valence-corrected chi connectivity index (χ2v) is 13.5. The molecule has 0 fully saturated rings. The van der Waals surface area contributed by atoms with Gasteiger partial charge in [-0.25, -0.2) is 22.0 Å². The van der Waals surface area contributed by atoms with Crippen molar-refractivity contribution in [2.75, 3.05) is 0 Å². The Morgan fingerprint density at radius 3 is 1.42 bits per heavy atom. The summed E-state index contributed by atoms with van der Waals surface area (Å²) in [5.74, 6) is -7.99. The predicted molar refractivity (Wildman–Crippen MR) is 185 cm³/mol. The number of nitrogens with two attached hydrogens (primary N) is 1. The maximum Gasteiger partial charge on any atom is 0.199 e. The normalized spacial score (nSPS) is 17.7. The van der Waals surface area contributed by atoms with E-state index >= 15 is 0 Å². The van der Waals surface area contributed by atoms with E-state index in [-0.39, 0.29) is 76.4 Å². The van der Waals surface area contributed by atoms with E-state index in [0.29, 0.717) is 33.3 Å². The van der Waals surface area contributed by atoms with Gasteiger partial charge in [-0.05, 0) is 73.5 Å². The highest BCUT2D eigenvalue weighted by atomic mass is 32.1. The number of carbonyl (C=O) groups is 4. The molecule has 0 bridgehead atoms. The number of hydrogen-bond acceptors (Lipinski definition) is 12. The van der Waals surface area contributed by atoms with Gasteiger partial charge in [0.05, 0.1) is 22.6 Å². The van der Waals surface area contributed by atoms with Crippen LogP contribution in [0.25, 0.3) is 23.3 Å². The average Bonchev–Trinajstić information content (AvgIpc) is 3.84. The highest BCUT2D eigenvalue weighted by Gasteiger charge is 2.37. The van der Waals surface area contributed by atoms with E-state index < -0.39 is 46.4 Å². The minimum atomic E-state index is -1.25. The Morgan fingerprint density at radius 1 is 0.680 bits per heavy atom. The van der Waals surface area contributed by atoms with Crippen molar-refractivity contribution in [1.29, 1.82) is 5.41 Å². The van der Waals surface area contributed by atoms with Crippen LogP contribution in [0.5, 0.6) is 0 Å². The Morgan fingerprint density at radius 2 is 1.06 bits per heavy atom. The van der Waals surface area contributed by atoms with Gasteiger partial charge in [0.15, 0.2) is 46.4 Å². The number of carbonyl (C=O) groups excluding carboxylic acids is 4. The maximum atomic E-state index is 13.8. The van der Waals surface area contributed by atoms with Crippen molar-refractivity contribution in [3.05, 3.63) is 135 Å². The van der Waals surface area contributed by atoms with Crippen LogP contribution in [0.15, 0.2) is 79.8 Å². The number of allylic oxidation sites excluding steroid dienone is 2. The molecule has 3 N–H and O–H groups in total. The van der Waals surface area contributed by atoms with Gasteiger partial charge in [-0.2, -0.15) is 4.36 Å². The van der Waals surface area contributed by atoms with E-state index in [1.165, 1.54) is 24.3 Å². The van der Waals surface area contributed by atoms with Gasteiger partial charge < -0.3 is 5.73 Å². The molecule has 3 aliphatic rings. The Labute approximate surface area is 295 Å². The van der Waals surface area contributed by atoms with Gasteiger partial charge in [0.1, 0.15) is 11.4 Å². The van der Waals surface area contributed by atoms with Gasteiger partial charge in [-0.1, -0.05) is 0 Å². The number of fused-ring (bicyclic) bond motifs is 2. The molecule has 0 aliphatic heterocycles. The number of benzene rings is 2. The summed E-state index contributed by atoms with van der Waals surface area (Å²) in [6.45, 7) is 0. The first-order valence-electron chi connectivity index (χ1n) is 14.0. The Bertz CT molecular complexity index is 2650. The van der Waals surface area contributed by atoms with Crippen molar-refractivity contribution in [2.24, 2.45) is 14.5 Å². The largest absolute Gasteiger partial charge is 0.396 e. The lowest BCUT2D eigenvalue weighted by Crippen LogP contribution is -2.27. The minimum absolute atomic E-state index is 0.0100. The maximum absolute atomic E-state index is 13.8. The van der Waals surface area contributed by atoms with E-state index in [4.69, 9.17) is 23.6 Å². The zero-order chi connectivity index (χ0) is 35.8. The van der Waals surface area contributed by atoms with E-state index in [2.05, 4.69) is 21.6 Å².